The van der Waals surface area contributed by atoms with Crippen molar-refractivity contribution in [2.75, 3.05) is 0 Å². The average molecular weight is 237 g/mol. The van der Waals surface area contributed by atoms with E-state index >= 15 is 0 Å². The van der Waals surface area contributed by atoms with Crippen molar-refractivity contribution in [3.8, 4) is 11.1 Å². The van der Waals surface area contributed by atoms with Crippen molar-refractivity contribution < 1.29 is 0 Å². The molecule has 1 nitrogen and oxygen atoms in total. The summed E-state index contributed by atoms with van der Waals surface area (Å²) in [6.45, 7) is 5.52. The Kier molecular flexibility index (Phi) is 2.71. The van der Waals surface area contributed by atoms with E-state index in [4.69, 9.17) is 0 Å². The Hall–Kier alpha value is -1.60. The highest BCUT2D eigenvalue weighted by molar-refractivity contribution is 5.65. The van der Waals surface area contributed by atoms with Crippen LogP contribution in [0.4, 0.5) is 0 Å². The molecule has 1 N–H and O–H groups in total. The molecule has 1 aliphatic rings. The minimum Gasteiger partial charge on any atom is -0.307 e. The summed E-state index contributed by atoms with van der Waals surface area (Å²) in [5.74, 6) is 0. The first-order chi connectivity index (χ1) is 8.64. The van der Waals surface area contributed by atoms with Crippen molar-refractivity contribution >= 4 is 0 Å². The summed E-state index contributed by atoms with van der Waals surface area (Å²) in [5.41, 5.74) is 5.76. The van der Waals surface area contributed by atoms with Crippen molar-refractivity contribution in [1.29, 1.82) is 0 Å². The van der Waals surface area contributed by atoms with Crippen LogP contribution in [0.5, 0.6) is 0 Å². The van der Waals surface area contributed by atoms with E-state index in [2.05, 4.69) is 67.7 Å². The summed E-state index contributed by atoms with van der Waals surface area (Å²) >= 11 is 0. The number of rotatable bonds is 1. The van der Waals surface area contributed by atoms with E-state index in [1.807, 2.05) is 0 Å². The number of benzene rings is 2. The molecule has 1 heterocycles. The number of fused-ring (bicyclic) bond motifs is 1. The monoisotopic (exact) mass is 237 g/mol. The van der Waals surface area contributed by atoms with Gasteiger partial charge in [-0.25, -0.2) is 0 Å². The van der Waals surface area contributed by atoms with E-state index in [0.717, 1.165) is 13.0 Å². The van der Waals surface area contributed by atoms with Gasteiger partial charge in [-0.05, 0) is 42.5 Å². The molecule has 0 saturated heterocycles. The van der Waals surface area contributed by atoms with Gasteiger partial charge in [0.15, 0.2) is 0 Å². The Bertz CT molecular complexity index is 555. The van der Waals surface area contributed by atoms with Crippen LogP contribution in [-0.2, 0) is 13.0 Å². The molecule has 2 aromatic carbocycles. The average Bonchev–Trinajstić information content (AvgIpc) is 2.38. The molecule has 0 bridgehead atoms. The summed E-state index contributed by atoms with van der Waals surface area (Å²) in [6, 6.07) is 17.5. The molecule has 3 rings (SSSR count). The molecule has 0 atom stereocenters. The molecule has 0 unspecified atom stereocenters. The van der Waals surface area contributed by atoms with Crippen LogP contribution < -0.4 is 5.32 Å². The van der Waals surface area contributed by atoms with Gasteiger partial charge in [0.05, 0.1) is 0 Å². The lowest BCUT2D eigenvalue weighted by Gasteiger charge is -2.33. The van der Waals surface area contributed by atoms with E-state index in [9.17, 15) is 0 Å². The minimum atomic E-state index is 0.211. The van der Waals surface area contributed by atoms with Gasteiger partial charge in [0, 0.05) is 12.1 Å². The third-order valence-electron chi connectivity index (χ3n) is 3.70. The highest BCUT2D eigenvalue weighted by atomic mass is 15.0. The third kappa shape index (κ3) is 2.19. The summed E-state index contributed by atoms with van der Waals surface area (Å²) in [7, 11) is 0. The van der Waals surface area contributed by atoms with E-state index in [1.54, 1.807) is 0 Å². The van der Waals surface area contributed by atoms with Crippen LogP contribution in [0.3, 0.4) is 0 Å². The van der Waals surface area contributed by atoms with Crippen LogP contribution in [0, 0.1) is 0 Å². The van der Waals surface area contributed by atoms with Gasteiger partial charge in [-0.15, -0.1) is 0 Å². The lowest BCUT2D eigenvalue weighted by atomic mass is 9.86. The Morgan fingerprint density at radius 2 is 1.67 bits per heavy atom. The fraction of sp³-hybridized carbons (Fsp3) is 0.294. The summed E-state index contributed by atoms with van der Waals surface area (Å²) < 4.78 is 0. The zero-order chi connectivity index (χ0) is 12.6. The van der Waals surface area contributed by atoms with Gasteiger partial charge in [-0.3, -0.25) is 0 Å². The fourth-order valence-electron chi connectivity index (χ4n) is 2.65. The maximum atomic E-state index is 3.57. The Labute approximate surface area is 109 Å². The molecule has 0 aromatic heterocycles. The molecular formula is C17H19N. The van der Waals surface area contributed by atoms with Crippen LogP contribution in [0.15, 0.2) is 48.5 Å². The number of hydrogen-bond acceptors (Lipinski definition) is 1. The van der Waals surface area contributed by atoms with Gasteiger partial charge >= 0.3 is 0 Å². The molecule has 0 fully saturated rings. The van der Waals surface area contributed by atoms with Gasteiger partial charge < -0.3 is 5.32 Å². The highest BCUT2D eigenvalue weighted by Gasteiger charge is 2.24. The van der Waals surface area contributed by atoms with Gasteiger partial charge in [0.25, 0.3) is 0 Å². The molecule has 1 heteroatoms. The van der Waals surface area contributed by atoms with Crippen molar-refractivity contribution in [2.24, 2.45) is 0 Å². The van der Waals surface area contributed by atoms with Crippen molar-refractivity contribution in [3.63, 3.8) is 0 Å². The van der Waals surface area contributed by atoms with Crippen LogP contribution in [-0.4, -0.2) is 5.54 Å². The molecule has 18 heavy (non-hydrogen) atoms. The second-order valence-electron chi connectivity index (χ2n) is 5.76. The minimum absolute atomic E-state index is 0.211. The summed E-state index contributed by atoms with van der Waals surface area (Å²) in [4.78, 5) is 0. The molecule has 92 valence electrons. The maximum absolute atomic E-state index is 3.57. The summed E-state index contributed by atoms with van der Waals surface area (Å²) in [5, 5.41) is 3.57. The Morgan fingerprint density at radius 1 is 0.889 bits per heavy atom. The SMILES string of the molecule is CC1(C)Cc2cc(-c3ccccc3)ccc2CN1. The first-order valence-corrected chi connectivity index (χ1v) is 6.56. The molecule has 0 radical (unpaired) electrons. The van der Waals surface area contributed by atoms with Crippen LogP contribution >= 0.6 is 0 Å². The molecular weight excluding hydrogens is 218 g/mol. The van der Waals surface area contributed by atoms with E-state index in [0.29, 0.717) is 0 Å². The summed E-state index contributed by atoms with van der Waals surface area (Å²) in [6.07, 6.45) is 1.10. The Morgan fingerprint density at radius 3 is 2.44 bits per heavy atom. The lowest BCUT2D eigenvalue weighted by molar-refractivity contribution is 0.363. The van der Waals surface area contributed by atoms with E-state index in [-0.39, 0.29) is 5.54 Å². The zero-order valence-electron chi connectivity index (χ0n) is 11.0. The molecule has 0 spiro atoms. The molecule has 1 aliphatic heterocycles. The first-order valence-electron chi connectivity index (χ1n) is 6.56. The number of hydrogen-bond donors (Lipinski definition) is 1. The molecule has 0 amide bonds. The van der Waals surface area contributed by atoms with E-state index in [1.165, 1.54) is 22.3 Å². The van der Waals surface area contributed by atoms with Gasteiger partial charge in [0.1, 0.15) is 0 Å². The predicted octanol–water partition coefficient (Wildman–Crippen LogP) is 3.78. The van der Waals surface area contributed by atoms with Crippen LogP contribution in [0.1, 0.15) is 25.0 Å². The van der Waals surface area contributed by atoms with Crippen LogP contribution in [0.25, 0.3) is 11.1 Å². The topological polar surface area (TPSA) is 12.0 Å². The quantitative estimate of drug-likeness (QED) is 0.796. The van der Waals surface area contributed by atoms with Crippen molar-refractivity contribution in [2.45, 2.75) is 32.4 Å². The second-order valence-corrected chi connectivity index (χ2v) is 5.76. The van der Waals surface area contributed by atoms with Gasteiger partial charge in [-0.2, -0.15) is 0 Å². The fourth-order valence-corrected chi connectivity index (χ4v) is 2.65. The zero-order valence-corrected chi connectivity index (χ0v) is 11.0. The Balaban J connectivity index is 2.01. The van der Waals surface area contributed by atoms with E-state index < -0.39 is 0 Å². The molecule has 0 saturated carbocycles. The van der Waals surface area contributed by atoms with Gasteiger partial charge in [-0.1, -0.05) is 48.5 Å². The predicted molar refractivity (Wildman–Crippen MR) is 76.5 cm³/mol. The molecule has 0 aliphatic carbocycles. The number of nitrogens with one attached hydrogen (secondary N) is 1. The normalized spacial score (nSPS) is 17.2. The standard InChI is InChI=1S/C17H19N/c1-17(2)11-16-10-14(8-9-15(16)12-18-17)13-6-4-3-5-7-13/h3-10,18H,11-12H2,1-2H3. The lowest BCUT2D eigenvalue weighted by Crippen LogP contribution is -2.44. The maximum Gasteiger partial charge on any atom is 0.0213 e. The largest absolute Gasteiger partial charge is 0.307 e. The van der Waals surface area contributed by atoms with Crippen molar-refractivity contribution in [1.82, 2.24) is 5.32 Å². The third-order valence-corrected chi connectivity index (χ3v) is 3.70. The van der Waals surface area contributed by atoms with Crippen LogP contribution in [0.2, 0.25) is 0 Å². The smallest absolute Gasteiger partial charge is 0.0213 e. The van der Waals surface area contributed by atoms with Gasteiger partial charge in [0.2, 0.25) is 0 Å². The highest BCUT2D eigenvalue weighted by Crippen LogP contribution is 2.28. The second kappa shape index (κ2) is 4.25. The first kappa shape index (κ1) is 11.5. The van der Waals surface area contributed by atoms with Crippen molar-refractivity contribution in [3.05, 3.63) is 59.7 Å². The molecule has 2 aromatic rings.